The van der Waals surface area contributed by atoms with Gasteiger partial charge < -0.3 is 9.84 Å². The lowest BCUT2D eigenvalue weighted by Gasteiger charge is -2.26. The number of ether oxygens (including phenoxy) is 1. The molecule has 1 atom stereocenters. The summed E-state index contributed by atoms with van der Waals surface area (Å²) < 4.78 is 6.07. The number of halogens is 1. The van der Waals surface area contributed by atoms with Gasteiger partial charge in [0.25, 0.3) is 0 Å². The smallest absolute Gasteiger partial charge is 0.133 e. The standard InChI is InChI=1S/C18H19BrO2/c1-21-17-10-9-15(11-16(17)19)18(20)14-7-5-13(6-8-14)12-3-2-4-12/h5-12,18,20H,2-4H2,1H3. The summed E-state index contributed by atoms with van der Waals surface area (Å²) in [5.74, 6) is 1.50. The summed E-state index contributed by atoms with van der Waals surface area (Å²) in [5.41, 5.74) is 3.18. The van der Waals surface area contributed by atoms with Crippen LogP contribution in [0.2, 0.25) is 0 Å². The molecule has 3 rings (SSSR count). The van der Waals surface area contributed by atoms with Crippen LogP contribution < -0.4 is 4.74 Å². The number of benzene rings is 2. The van der Waals surface area contributed by atoms with Crippen molar-refractivity contribution in [3.05, 3.63) is 63.6 Å². The minimum Gasteiger partial charge on any atom is -0.496 e. The Morgan fingerprint density at radius 2 is 1.76 bits per heavy atom. The third-order valence-electron chi connectivity index (χ3n) is 4.32. The number of hydrogen-bond donors (Lipinski definition) is 1. The normalized spacial score (nSPS) is 16.3. The van der Waals surface area contributed by atoms with Crippen LogP contribution in [0.4, 0.5) is 0 Å². The lowest BCUT2D eigenvalue weighted by Crippen LogP contribution is -2.09. The first kappa shape index (κ1) is 14.6. The summed E-state index contributed by atoms with van der Waals surface area (Å²) in [7, 11) is 1.63. The molecule has 0 spiro atoms. The van der Waals surface area contributed by atoms with E-state index in [9.17, 15) is 5.11 Å². The van der Waals surface area contributed by atoms with E-state index in [1.54, 1.807) is 7.11 Å². The molecule has 2 nitrogen and oxygen atoms in total. The maximum atomic E-state index is 10.5. The number of rotatable bonds is 4. The molecule has 110 valence electrons. The largest absolute Gasteiger partial charge is 0.496 e. The molecule has 21 heavy (non-hydrogen) atoms. The van der Waals surface area contributed by atoms with Crippen molar-refractivity contribution in [3.8, 4) is 5.75 Å². The van der Waals surface area contributed by atoms with Crippen LogP contribution in [0.5, 0.6) is 5.75 Å². The van der Waals surface area contributed by atoms with Gasteiger partial charge in [-0.05, 0) is 63.5 Å². The molecular formula is C18H19BrO2. The van der Waals surface area contributed by atoms with Gasteiger partial charge in [-0.1, -0.05) is 36.8 Å². The van der Waals surface area contributed by atoms with Crippen LogP contribution in [0, 0.1) is 0 Å². The molecule has 0 amide bonds. The van der Waals surface area contributed by atoms with E-state index < -0.39 is 6.10 Å². The number of aliphatic hydroxyl groups is 1. The van der Waals surface area contributed by atoms with Crippen molar-refractivity contribution in [3.63, 3.8) is 0 Å². The zero-order valence-corrected chi connectivity index (χ0v) is 13.6. The summed E-state index contributed by atoms with van der Waals surface area (Å²) >= 11 is 3.46. The van der Waals surface area contributed by atoms with E-state index in [2.05, 4.69) is 28.1 Å². The second-order valence-electron chi connectivity index (χ2n) is 5.59. The Balaban J connectivity index is 1.80. The monoisotopic (exact) mass is 346 g/mol. The van der Waals surface area contributed by atoms with Gasteiger partial charge in [-0.2, -0.15) is 0 Å². The Morgan fingerprint density at radius 3 is 2.29 bits per heavy atom. The summed E-state index contributed by atoms with van der Waals surface area (Å²) in [6.07, 6.45) is 3.33. The molecule has 1 fully saturated rings. The van der Waals surface area contributed by atoms with Crippen molar-refractivity contribution < 1.29 is 9.84 Å². The van der Waals surface area contributed by atoms with Crippen molar-refractivity contribution in [2.75, 3.05) is 7.11 Å². The maximum absolute atomic E-state index is 10.5. The molecular weight excluding hydrogens is 328 g/mol. The Morgan fingerprint density at radius 1 is 1.10 bits per heavy atom. The topological polar surface area (TPSA) is 29.5 Å². The van der Waals surface area contributed by atoms with Crippen LogP contribution in [0.1, 0.15) is 48.0 Å². The van der Waals surface area contributed by atoms with Crippen LogP contribution in [0.25, 0.3) is 0 Å². The third kappa shape index (κ3) is 2.99. The van der Waals surface area contributed by atoms with Crippen LogP contribution in [-0.4, -0.2) is 12.2 Å². The van der Waals surface area contributed by atoms with Crippen molar-refractivity contribution >= 4 is 15.9 Å². The van der Waals surface area contributed by atoms with Crippen LogP contribution in [0.3, 0.4) is 0 Å². The molecule has 2 aromatic rings. The van der Waals surface area contributed by atoms with Gasteiger partial charge in [0.15, 0.2) is 0 Å². The second kappa shape index (κ2) is 6.20. The Kier molecular flexibility index (Phi) is 4.32. The van der Waals surface area contributed by atoms with E-state index >= 15 is 0 Å². The highest BCUT2D eigenvalue weighted by atomic mass is 79.9. The molecule has 0 heterocycles. The van der Waals surface area contributed by atoms with Crippen molar-refractivity contribution in [2.24, 2.45) is 0 Å². The molecule has 1 N–H and O–H groups in total. The van der Waals surface area contributed by atoms with Gasteiger partial charge in [-0.15, -0.1) is 0 Å². The minimum absolute atomic E-state index is 0.609. The molecule has 0 radical (unpaired) electrons. The Labute approximate surface area is 133 Å². The van der Waals surface area contributed by atoms with Gasteiger partial charge in [0, 0.05) is 0 Å². The third-order valence-corrected chi connectivity index (χ3v) is 4.94. The summed E-state index contributed by atoms with van der Waals surface area (Å²) in [5, 5.41) is 10.5. The van der Waals surface area contributed by atoms with E-state index in [1.165, 1.54) is 24.8 Å². The summed E-state index contributed by atoms with van der Waals surface area (Å²) in [4.78, 5) is 0. The fourth-order valence-electron chi connectivity index (χ4n) is 2.74. The predicted octanol–water partition coefficient (Wildman–Crippen LogP) is 4.81. The molecule has 1 saturated carbocycles. The van der Waals surface area contributed by atoms with E-state index in [4.69, 9.17) is 4.74 Å². The van der Waals surface area contributed by atoms with E-state index in [1.807, 2.05) is 30.3 Å². The molecule has 1 aliphatic carbocycles. The summed E-state index contributed by atoms with van der Waals surface area (Å²) in [6, 6.07) is 14.1. The molecule has 3 heteroatoms. The second-order valence-corrected chi connectivity index (χ2v) is 6.45. The van der Waals surface area contributed by atoms with Gasteiger partial charge in [-0.25, -0.2) is 0 Å². The molecule has 2 aromatic carbocycles. The lowest BCUT2D eigenvalue weighted by atomic mass is 9.80. The van der Waals surface area contributed by atoms with E-state index in [-0.39, 0.29) is 0 Å². The molecule has 0 aromatic heterocycles. The first-order chi connectivity index (χ1) is 10.2. The zero-order valence-electron chi connectivity index (χ0n) is 12.1. The van der Waals surface area contributed by atoms with Gasteiger partial charge in [0.05, 0.1) is 11.6 Å². The lowest BCUT2D eigenvalue weighted by molar-refractivity contribution is 0.220. The van der Waals surface area contributed by atoms with Crippen LogP contribution in [-0.2, 0) is 0 Å². The molecule has 0 aliphatic heterocycles. The highest BCUT2D eigenvalue weighted by molar-refractivity contribution is 9.10. The number of hydrogen-bond acceptors (Lipinski definition) is 2. The van der Waals surface area contributed by atoms with Crippen molar-refractivity contribution in [2.45, 2.75) is 31.3 Å². The van der Waals surface area contributed by atoms with E-state index in [0.717, 1.165) is 27.3 Å². The Hall–Kier alpha value is -1.32. The quantitative estimate of drug-likeness (QED) is 0.860. The van der Waals surface area contributed by atoms with Gasteiger partial charge in [0.1, 0.15) is 11.9 Å². The SMILES string of the molecule is COc1ccc(C(O)c2ccc(C3CCC3)cc2)cc1Br. The van der Waals surface area contributed by atoms with Crippen molar-refractivity contribution in [1.82, 2.24) is 0 Å². The molecule has 0 bridgehead atoms. The van der Waals surface area contributed by atoms with E-state index in [0.29, 0.717) is 0 Å². The first-order valence-corrected chi connectivity index (χ1v) is 8.09. The zero-order chi connectivity index (χ0) is 14.8. The predicted molar refractivity (Wildman–Crippen MR) is 87.8 cm³/mol. The average molecular weight is 347 g/mol. The molecule has 1 aliphatic rings. The first-order valence-electron chi connectivity index (χ1n) is 7.30. The minimum atomic E-state index is -0.609. The maximum Gasteiger partial charge on any atom is 0.133 e. The molecule has 1 unspecified atom stereocenters. The number of methoxy groups -OCH3 is 1. The summed E-state index contributed by atoms with van der Waals surface area (Å²) in [6.45, 7) is 0. The highest BCUT2D eigenvalue weighted by Gasteiger charge is 2.20. The average Bonchev–Trinajstić information content (AvgIpc) is 2.45. The van der Waals surface area contributed by atoms with Crippen molar-refractivity contribution in [1.29, 1.82) is 0 Å². The van der Waals surface area contributed by atoms with Gasteiger partial charge in [-0.3, -0.25) is 0 Å². The molecule has 0 saturated heterocycles. The van der Waals surface area contributed by atoms with Crippen LogP contribution in [0.15, 0.2) is 46.9 Å². The fraction of sp³-hybridized carbons (Fsp3) is 0.333. The highest BCUT2D eigenvalue weighted by Crippen LogP contribution is 2.37. The Bertz CT molecular complexity index is 618. The van der Waals surface area contributed by atoms with Crippen LogP contribution >= 0.6 is 15.9 Å². The number of aliphatic hydroxyl groups excluding tert-OH is 1. The fourth-order valence-corrected chi connectivity index (χ4v) is 3.30. The van der Waals surface area contributed by atoms with Gasteiger partial charge in [0.2, 0.25) is 0 Å². The van der Waals surface area contributed by atoms with Gasteiger partial charge >= 0.3 is 0 Å².